The second-order valence-corrected chi connectivity index (χ2v) is 13.2. The molecular formula is C19H24N2O7S3. The Morgan fingerprint density at radius 2 is 1.55 bits per heavy atom. The average molecular weight is 489 g/mol. The van der Waals surface area contributed by atoms with Crippen molar-refractivity contribution in [2.24, 2.45) is 5.14 Å². The van der Waals surface area contributed by atoms with Crippen LogP contribution < -0.4 is 15.2 Å². The van der Waals surface area contributed by atoms with Crippen LogP contribution in [0.25, 0.3) is 0 Å². The topological polar surface area (TPSA) is 150 Å². The molecule has 1 heterocycles. The average Bonchev–Trinajstić information content (AvgIpc) is 3.03. The van der Waals surface area contributed by atoms with Crippen molar-refractivity contribution < 1.29 is 30.0 Å². The third-order valence-corrected chi connectivity index (χ3v) is 10.3. The summed E-state index contributed by atoms with van der Waals surface area (Å²) in [6.07, 6.45) is 0.455. The summed E-state index contributed by atoms with van der Waals surface area (Å²) in [4.78, 5) is 0.0394. The largest absolute Gasteiger partial charge is 0.497 e. The molecule has 170 valence electrons. The number of ether oxygens (including phenoxy) is 1. The van der Waals surface area contributed by atoms with Crippen molar-refractivity contribution in [3.63, 3.8) is 0 Å². The first-order valence-electron chi connectivity index (χ1n) is 9.36. The number of sulfone groups is 2. The van der Waals surface area contributed by atoms with Gasteiger partial charge in [-0.2, -0.15) is 0 Å². The van der Waals surface area contributed by atoms with Gasteiger partial charge in [-0.05, 0) is 54.9 Å². The predicted octanol–water partition coefficient (Wildman–Crippen LogP) is 0.114. The summed E-state index contributed by atoms with van der Waals surface area (Å²) in [5.74, 6) is -0.208. The number of benzene rings is 2. The molecule has 1 saturated heterocycles. The summed E-state index contributed by atoms with van der Waals surface area (Å²) in [5.41, 5.74) is 0.801. The molecule has 0 saturated carbocycles. The smallest absolute Gasteiger partial charge is 0.238 e. The van der Waals surface area contributed by atoms with Crippen molar-refractivity contribution in [1.29, 1.82) is 0 Å². The molecule has 1 fully saturated rings. The monoisotopic (exact) mass is 488 g/mol. The highest BCUT2D eigenvalue weighted by Gasteiger charge is 2.45. The second kappa shape index (κ2) is 8.87. The fourth-order valence-electron chi connectivity index (χ4n) is 3.50. The van der Waals surface area contributed by atoms with Gasteiger partial charge in [-0.1, -0.05) is 12.1 Å². The van der Waals surface area contributed by atoms with Gasteiger partial charge in [0.05, 0.1) is 33.7 Å². The van der Waals surface area contributed by atoms with E-state index in [0.717, 1.165) is 5.56 Å². The van der Waals surface area contributed by atoms with Crippen molar-refractivity contribution >= 4 is 29.7 Å². The van der Waals surface area contributed by atoms with Gasteiger partial charge in [0.25, 0.3) is 0 Å². The van der Waals surface area contributed by atoms with Gasteiger partial charge < -0.3 is 10.1 Å². The minimum absolute atomic E-state index is 0.00301. The van der Waals surface area contributed by atoms with Crippen molar-refractivity contribution in [1.82, 2.24) is 5.32 Å². The molecule has 0 spiro atoms. The standard InChI is InChI=1S/C19H24N2O7S3/c1-28-15-4-8-16(9-5-15)30(24,25)19-13-29(22,23)12-18(19)21-11-10-14-2-6-17(7-3-14)31(20,26)27/h2-9,18-19,21H,10-13H2,1H3,(H2,20,26,27)/t18-,19-/m0/s1. The van der Waals surface area contributed by atoms with E-state index >= 15 is 0 Å². The number of nitrogens with two attached hydrogens (primary N) is 1. The molecule has 2 aromatic rings. The maximum absolute atomic E-state index is 13.1. The lowest BCUT2D eigenvalue weighted by Crippen LogP contribution is -2.44. The Labute approximate surface area is 182 Å². The first kappa shape index (κ1) is 23.7. The summed E-state index contributed by atoms with van der Waals surface area (Å²) in [7, 11) is -9.70. The van der Waals surface area contributed by atoms with Gasteiger partial charge in [-0.15, -0.1) is 0 Å². The van der Waals surface area contributed by atoms with Crippen LogP contribution in [0.15, 0.2) is 58.3 Å². The maximum Gasteiger partial charge on any atom is 0.238 e. The molecule has 0 aliphatic carbocycles. The van der Waals surface area contributed by atoms with E-state index in [-0.39, 0.29) is 15.5 Å². The zero-order valence-electron chi connectivity index (χ0n) is 16.8. The molecule has 0 radical (unpaired) electrons. The molecule has 2 aromatic carbocycles. The zero-order chi connectivity index (χ0) is 22.9. The van der Waals surface area contributed by atoms with Crippen molar-refractivity contribution in [3.8, 4) is 5.75 Å². The lowest BCUT2D eigenvalue weighted by Gasteiger charge is -2.20. The number of primary sulfonamides is 1. The molecule has 0 bridgehead atoms. The number of nitrogens with one attached hydrogen (secondary N) is 1. The Morgan fingerprint density at radius 1 is 0.968 bits per heavy atom. The van der Waals surface area contributed by atoms with E-state index in [1.54, 1.807) is 12.1 Å². The van der Waals surface area contributed by atoms with E-state index < -0.39 is 46.7 Å². The maximum atomic E-state index is 13.1. The first-order valence-corrected chi connectivity index (χ1v) is 14.3. The highest BCUT2D eigenvalue weighted by molar-refractivity contribution is 7.96. The van der Waals surface area contributed by atoms with E-state index in [1.807, 2.05) is 0 Å². The molecule has 12 heteroatoms. The fourth-order valence-corrected chi connectivity index (χ4v) is 8.73. The zero-order valence-corrected chi connectivity index (χ0v) is 19.2. The Morgan fingerprint density at radius 3 is 2.10 bits per heavy atom. The Balaban J connectivity index is 1.71. The number of rotatable bonds is 8. The summed E-state index contributed by atoms with van der Waals surface area (Å²) >= 11 is 0. The minimum atomic E-state index is -3.88. The molecule has 31 heavy (non-hydrogen) atoms. The van der Waals surface area contributed by atoms with Crippen molar-refractivity contribution in [2.75, 3.05) is 25.2 Å². The second-order valence-electron chi connectivity index (χ2n) is 7.34. The SMILES string of the molecule is COc1ccc(S(=O)(=O)[C@H]2CS(=O)(=O)C[C@@H]2NCCc2ccc(S(N)(=O)=O)cc2)cc1. The van der Waals surface area contributed by atoms with Crippen molar-refractivity contribution in [2.45, 2.75) is 27.5 Å². The number of hydrogen-bond donors (Lipinski definition) is 2. The summed E-state index contributed by atoms with van der Waals surface area (Å²) in [6.45, 7) is 0.323. The lowest BCUT2D eigenvalue weighted by atomic mass is 10.1. The molecule has 0 aromatic heterocycles. The highest BCUT2D eigenvalue weighted by atomic mass is 32.2. The molecule has 3 rings (SSSR count). The summed E-state index contributed by atoms with van der Waals surface area (Å²) in [5, 5.41) is 7.03. The van der Waals surface area contributed by atoms with Crippen LogP contribution in [-0.2, 0) is 36.1 Å². The van der Waals surface area contributed by atoms with E-state index in [1.165, 1.54) is 43.5 Å². The third-order valence-electron chi connectivity index (χ3n) is 5.16. The normalized spacial score (nSPS) is 21.1. The molecule has 1 aliphatic heterocycles. The van der Waals surface area contributed by atoms with Gasteiger partial charge in [-0.3, -0.25) is 0 Å². The van der Waals surface area contributed by atoms with Gasteiger partial charge in [0.2, 0.25) is 10.0 Å². The van der Waals surface area contributed by atoms with Crippen LogP contribution in [0.3, 0.4) is 0 Å². The third kappa shape index (κ3) is 5.63. The summed E-state index contributed by atoms with van der Waals surface area (Å²) in [6, 6.07) is 11.1. The van der Waals surface area contributed by atoms with E-state index in [2.05, 4.69) is 5.32 Å². The van der Waals surface area contributed by atoms with Gasteiger partial charge in [-0.25, -0.2) is 30.4 Å². The van der Waals surface area contributed by atoms with Gasteiger partial charge in [0.15, 0.2) is 19.7 Å². The lowest BCUT2D eigenvalue weighted by molar-refractivity contribution is 0.414. The van der Waals surface area contributed by atoms with Gasteiger partial charge >= 0.3 is 0 Å². The predicted molar refractivity (Wildman–Crippen MR) is 116 cm³/mol. The quantitative estimate of drug-likeness (QED) is 0.532. The fraction of sp³-hybridized carbons (Fsp3) is 0.368. The van der Waals surface area contributed by atoms with Crippen LogP contribution in [0.2, 0.25) is 0 Å². The van der Waals surface area contributed by atoms with Crippen LogP contribution in [-0.4, -0.2) is 61.7 Å². The van der Waals surface area contributed by atoms with Crippen LogP contribution in [0, 0.1) is 0 Å². The molecule has 0 amide bonds. The highest BCUT2D eigenvalue weighted by Crippen LogP contribution is 2.27. The van der Waals surface area contributed by atoms with Crippen LogP contribution in [0.5, 0.6) is 5.75 Å². The Kier molecular flexibility index (Phi) is 6.77. The Hall–Kier alpha value is -1.99. The van der Waals surface area contributed by atoms with E-state index in [9.17, 15) is 25.3 Å². The minimum Gasteiger partial charge on any atom is -0.497 e. The van der Waals surface area contributed by atoms with E-state index in [0.29, 0.717) is 18.7 Å². The van der Waals surface area contributed by atoms with Crippen LogP contribution in [0.4, 0.5) is 0 Å². The number of hydrogen-bond acceptors (Lipinski definition) is 8. The number of methoxy groups -OCH3 is 1. The summed E-state index contributed by atoms with van der Waals surface area (Å²) < 4.78 is 78.2. The number of sulfonamides is 1. The first-order chi connectivity index (χ1) is 14.4. The van der Waals surface area contributed by atoms with Gasteiger partial charge in [0.1, 0.15) is 5.75 Å². The molecule has 1 aliphatic rings. The Bertz CT molecular complexity index is 1240. The van der Waals surface area contributed by atoms with Crippen LogP contribution >= 0.6 is 0 Å². The van der Waals surface area contributed by atoms with E-state index in [4.69, 9.17) is 9.88 Å². The van der Waals surface area contributed by atoms with Gasteiger partial charge in [0, 0.05) is 6.04 Å². The molecule has 3 N–H and O–H groups in total. The van der Waals surface area contributed by atoms with Crippen LogP contribution in [0.1, 0.15) is 5.56 Å². The molecule has 2 atom stereocenters. The molecule has 9 nitrogen and oxygen atoms in total. The van der Waals surface area contributed by atoms with Crippen molar-refractivity contribution in [3.05, 3.63) is 54.1 Å². The molecular weight excluding hydrogens is 464 g/mol. The molecule has 0 unspecified atom stereocenters.